The molecule has 7 heteroatoms. The van der Waals surface area contributed by atoms with E-state index in [0.717, 1.165) is 43.5 Å². The molecule has 2 aromatic carbocycles. The molecule has 0 amide bonds. The van der Waals surface area contributed by atoms with Crippen molar-refractivity contribution in [3.05, 3.63) is 72.1 Å². The molecule has 7 nitrogen and oxygen atoms in total. The Bertz CT molecular complexity index is 1050. The van der Waals surface area contributed by atoms with E-state index >= 15 is 0 Å². The second-order valence-electron chi connectivity index (χ2n) is 9.10. The number of guanidine groups is 1. The van der Waals surface area contributed by atoms with Crippen LogP contribution in [-0.4, -0.2) is 63.7 Å². The van der Waals surface area contributed by atoms with Crippen molar-refractivity contribution in [1.82, 2.24) is 30.3 Å². The number of hydrogen-bond acceptors (Lipinski definition) is 4. The number of aromatic nitrogens is 3. The van der Waals surface area contributed by atoms with E-state index in [9.17, 15) is 0 Å². The Balaban J connectivity index is 1.19. The van der Waals surface area contributed by atoms with Gasteiger partial charge in [0.2, 0.25) is 0 Å². The van der Waals surface area contributed by atoms with E-state index in [1.165, 1.54) is 43.3 Å². The van der Waals surface area contributed by atoms with Crippen LogP contribution in [0.25, 0.3) is 11.4 Å². The first kappa shape index (κ1) is 21.6. The summed E-state index contributed by atoms with van der Waals surface area (Å²) in [5, 5.41) is 10.5. The van der Waals surface area contributed by atoms with Gasteiger partial charge in [-0.15, -0.1) is 0 Å². The standard InChI is InChI=1S/C26H33N7/c1-27-26(28-16-21-9-5-10-22(15-21)25-29-19-30-31-25)33-14-12-24-23(18-33)11-6-13-32(24)17-20-7-3-2-4-8-20/h2-5,7-10,15,19,23-24H,6,11-14,16-18H2,1H3,(H,27,28)(H,29,30,31). The molecular weight excluding hydrogens is 410 g/mol. The highest BCUT2D eigenvalue weighted by Crippen LogP contribution is 2.31. The molecule has 0 aliphatic carbocycles. The fraction of sp³-hybridized carbons (Fsp3) is 0.423. The Morgan fingerprint density at radius 1 is 1.09 bits per heavy atom. The molecule has 1 aromatic heterocycles. The molecule has 33 heavy (non-hydrogen) atoms. The number of nitrogens with one attached hydrogen (secondary N) is 2. The molecule has 0 saturated carbocycles. The molecule has 3 aromatic rings. The fourth-order valence-corrected chi connectivity index (χ4v) is 5.40. The van der Waals surface area contributed by atoms with Gasteiger partial charge in [-0.05, 0) is 48.9 Å². The second kappa shape index (κ2) is 10.2. The van der Waals surface area contributed by atoms with Gasteiger partial charge in [0, 0.05) is 44.8 Å². The number of H-pyrrole nitrogens is 1. The second-order valence-corrected chi connectivity index (χ2v) is 9.10. The van der Waals surface area contributed by atoms with E-state index in [1.54, 1.807) is 0 Å². The highest BCUT2D eigenvalue weighted by Gasteiger charge is 2.36. The summed E-state index contributed by atoms with van der Waals surface area (Å²) in [6, 6.07) is 20.0. The zero-order valence-corrected chi connectivity index (χ0v) is 19.3. The summed E-state index contributed by atoms with van der Waals surface area (Å²) < 4.78 is 0. The summed E-state index contributed by atoms with van der Waals surface area (Å²) >= 11 is 0. The average molecular weight is 444 g/mol. The van der Waals surface area contributed by atoms with Crippen molar-refractivity contribution in [2.75, 3.05) is 26.7 Å². The molecule has 2 atom stereocenters. The summed E-state index contributed by atoms with van der Waals surface area (Å²) in [6.07, 6.45) is 5.32. The van der Waals surface area contributed by atoms with Crippen LogP contribution in [-0.2, 0) is 13.1 Å². The SMILES string of the molecule is CN=C(NCc1cccc(-c2ncn[nH]2)c1)N1CCC2C(CCCN2Cc2ccccc2)C1. The molecule has 2 unspecified atom stereocenters. The Kier molecular flexibility index (Phi) is 6.67. The number of aliphatic imine (C=N–C) groups is 1. The van der Waals surface area contributed by atoms with Crippen LogP contribution in [0.1, 0.15) is 30.4 Å². The van der Waals surface area contributed by atoms with Crippen LogP contribution >= 0.6 is 0 Å². The third-order valence-corrected chi connectivity index (χ3v) is 6.99. The lowest BCUT2D eigenvalue weighted by Gasteiger charge is -2.48. The first-order valence-corrected chi connectivity index (χ1v) is 12.0. The molecule has 0 radical (unpaired) electrons. The van der Waals surface area contributed by atoms with E-state index in [0.29, 0.717) is 12.0 Å². The van der Waals surface area contributed by atoms with Crippen LogP contribution in [0.15, 0.2) is 65.9 Å². The van der Waals surface area contributed by atoms with Gasteiger partial charge in [0.05, 0.1) is 0 Å². The van der Waals surface area contributed by atoms with E-state index in [4.69, 9.17) is 0 Å². The molecule has 3 heterocycles. The summed E-state index contributed by atoms with van der Waals surface area (Å²) in [4.78, 5) is 14.0. The molecule has 0 bridgehead atoms. The highest BCUT2D eigenvalue weighted by atomic mass is 15.3. The Labute approximate surface area is 195 Å². The molecule has 2 saturated heterocycles. The Morgan fingerprint density at radius 2 is 1.97 bits per heavy atom. The lowest BCUT2D eigenvalue weighted by atomic mass is 9.83. The van der Waals surface area contributed by atoms with Crippen molar-refractivity contribution in [1.29, 1.82) is 0 Å². The largest absolute Gasteiger partial charge is 0.352 e. The number of piperidine rings is 2. The minimum Gasteiger partial charge on any atom is -0.352 e. The van der Waals surface area contributed by atoms with Gasteiger partial charge in [-0.1, -0.05) is 48.5 Å². The fourth-order valence-electron chi connectivity index (χ4n) is 5.40. The van der Waals surface area contributed by atoms with Crippen LogP contribution < -0.4 is 5.32 Å². The van der Waals surface area contributed by atoms with Crippen molar-refractivity contribution in [3.8, 4) is 11.4 Å². The number of likely N-dealkylation sites (tertiary alicyclic amines) is 2. The lowest BCUT2D eigenvalue weighted by Crippen LogP contribution is -2.56. The summed E-state index contributed by atoms with van der Waals surface area (Å²) in [7, 11) is 1.89. The van der Waals surface area contributed by atoms with Crippen LogP contribution in [0.4, 0.5) is 0 Å². The van der Waals surface area contributed by atoms with Gasteiger partial charge in [0.1, 0.15) is 6.33 Å². The monoisotopic (exact) mass is 443 g/mol. The van der Waals surface area contributed by atoms with Crippen molar-refractivity contribution in [3.63, 3.8) is 0 Å². The molecule has 2 N–H and O–H groups in total. The lowest BCUT2D eigenvalue weighted by molar-refractivity contribution is 0.0372. The highest BCUT2D eigenvalue weighted by molar-refractivity contribution is 5.80. The molecule has 172 valence electrons. The molecule has 0 spiro atoms. The van der Waals surface area contributed by atoms with Crippen LogP contribution in [0.5, 0.6) is 0 Å². The molecule has 5 rings (SSSR count). The number of hydrogen-bond donors (Lipinski definition) is 2. The van der Waals surface area contributed by atoms with Crippen molar-refractivity contribution >= 4 is 5.96 Å². The summed E-state index contributed by atoms with van der Waals surface area (Å²) in [5.74, 6) is 2.49. The quantitative estimate of drug-likeness (QED) is 0.466. The first-order chi connectivity index (χ1) is 16.3. The maximum atomic E-state index is 4.61. The third-order valence-electron chi connectivity index (χ3n) is 6.99. The zero-order chi connectivity index (χ0) is 22.5. The Hall–Kier alpha value is -3.19. The maximum absolute atomic E-state index is 4.61. The van der Waals surface area contributed by atoms with Crippen LogP contribution in [0.2, 0.25) is 0 Å². The maximum Gasteiger partial charge on any atom is 0.193 e. The summed E-state index contributed by atoms with van der Waals surface area (Å²) in [6.45, 7) is 5.14. The van der Waals surface area contributed by atoms with Crippen LogP contribution in [0, 0.1) is 5.92 Å². The molecule has 2 fully saturated rings. The first-order valence-electron chi connectivity index (χ1n) is 12.0. The van der Waals surface area contributed by atoms with Crippen molar-refractivity contribution in [2.24, 2.45) is 10.9 Å². The predicted molar refractivity (Wildman–Crippen MR) is 132 cm³/mol. The summed E-state index contributed by atoms with van der Waals surface area (Å²) in [5.41, 5.74) is 3.67. The normalized spacial score (nSPS) is 21.6. The number of aromatic amines is 1. The Morgan fingerprint density at radius 3 is 2.79 bits per heavy atom. The van der Waals surface area contributed by atoms with E-state index in [2.05, 4.69) is 83.8 Å². The smallest absolute Gasteiger partial charge is 0.193 e. The van der Waals surface area contributed by atoms with Gasteiger partial charge >= 0.3 is 0 Å². The minimum absolute atomic E-state index is 0.673. The predicted octanol–water partition coefficient (Wildman–Crippen LogP) is 3.53. The van der Waals surface area contributed by atoms with Crippen LogP contribution in [0.3, 0.4) is 0 Å². The molecule has 2 aliphatic heterocycles. The van der Waals surface area contributed by atoms with Crippen molar-refractivity contribution in [2.45, 2.75) is 38.4 Å². The molecule has 2 aliphatic rings. The molecular formula is C26H33N7. The number of fused-ring (bicyclic) bond motifs is 1. The topological polar surface area (TPSA) is 72.4 Å². The number of rotatable bonds is 5. The van der Waals surface area contributed by atoms with Gasteiger partial charge in [-0.3, -0.25) is 15.0 Å². The third kappa shape index (κ3) is 5.09. The number of benzene rings is 2. The van der Waals surface area contributed by atoms with Gasteiger partial charge in [-0.25, -0.2) is 4.98 Å². The number of nitrogens with zero attached hydrogens (tertiary/aromatic N) is 5. The zero-order valence-electron chi connectivity index (χ0n) is 19.3. The van der Waals surface area contributed by atoms with Gasteiger partial charge < -0.3 is 10.2 Å². The van der Waals surface area contributed by atoms with Crippen molar-refractivity contribution < 1.29 is 0 Å². The van der Waals surface area contributed by atoms with Gasteiger partial charge in [0.25, 0.3) is 0 Å². The minimum atomic E-state index is 0.673. The van der Waals surface area contributed by atoms with Gasteiger partial charge in [-0.2, -0.15) is 5.10 Å². The van der Waals surface area contributed by atoms with Gasteiger partial charge in [0.15, 0.2) is 11.8 Å². The van der Waals surface area contributed by atoms with E-state index in [1.807, 2.05) is 13.1 Å². The van der Waals surface area contributed by atoms with E-state index in [-0.39, 0.29) is 0 Å². The van der Waals surface area contributed by atoms with E-state index < -0.39 is 0 Å². The average Bonchev–Trinajstić information content (AvgIpc) is 3.41.